The predicted molar refractivity (Wildman–Crippen MR) is 99.9 cm³/mol. The Morgan fingerprint density at radius 2 is 2.03 bits per heavy atom. The van der Waals surface area contributed by atoms with Gasteiger partial charge in [-0.25, -0.2) is 4.68 Å². The fourth-order valence-corrected chi connectivity index (χ4v) is 3.78. The lowest BCUT2D eigenvalue weighted by Gasteiger charge is -2.31. The van der Waals surface area contributed by atoms with Gasteiger partial charge in [-0.2, -0.15) is 13.2 Å². The van der Waals surface area contributed by atoms with Crippen LogP contribution in [0.1, 0.15) is 24.4 Å². The molecule has 1 aromatic heterocycles. The van der Waals surface area contributed by atoms with Gasteiger partial charge >= 0.3 is 6.18 Å². The third-order valence-corrected chi connectivity index (χ3v) is 5.57. The number of halogens is 3. The molecule has 0 bridgehead atoms. The van der Waals surface area contributed by atoms with Gasteiger partial charge in [0.1, 0.15) is 0 Å². The van der Waals surface area contributed by atoms with Crippen LogP contribution in [-0.4, -0.2) is 58.2 Å². The zero-order valence-electron chi connectivity index (χ0n) is 15.4. The number of nitrogens with one attached hydrogen (secondary N) is 1. The number of benzene rings is 1. The van der Waals surface area contributed by atoms with Crippen molar-refractivity contribution in [2.45, 2.75) is 30.2 Å². The molecule has 12 heteroatoms. The zero-order valence-corrected chi connectivity index (χ0v) is 16.2. The molecule has 1 saturated heterocycles. The summed E-state index contributed by atoms with van der Waals surface area (Å²) in [7, 11) is 0. The second-order valence-electron chi connectivity index (χ2n) is 6.80. The Morgan fingerprint density at radius 3 is 2.72 bits per heavy atom. The summed E-state index contributed by atoms with van der Waals surface area (Å²) in [5.74, 6) is -0.430. The molecule has 1 aliphatic heterocycles. The summed E-state index contributed by atoms with van der Waals surface area (Å²) in [6.45, 7) is 2.04. The minimum atomic E-state index is -4.50. The van der Waals surface area contributed by atoms with Crippen molar-refractivity contribution in [3.63, 3.8) is 0 Å². The average molecular weight is 428 g/mol. The van der Waals surface area contributed by atoms with Crippen LogP contribution in [-0.2, 0) is 15.7 Å². The maximum absolute atomic E-state index is 13.2. The molecule has 156 valence electrons. The largest absolute Gasteiger partial charge is 0.416 e. The minimum absolute atomic E-state index is 0.00805. The van der Waals surface area contributed by atoms with Crippen molar-refractivity contribution >= 4 is 29.0 Å². The first-order valence-corrected chi connectivity index (χ1v) is 10.1. The molecular weight excluding hydrogens is 409 g/mol. The molecule has 1 N–H and O–H groups in total. The summed E-state index contributed by atoms with van der Waals surface area (Å²) in [6, 6.07) is 3.66. The molecule has 8 nitrogen and oxygen atoms in total. The smallest absolute Gasteiger partial charge is 0.378 e. The van der Waals surface area contributed by atoms with Crippen molar-refractivity contribution in [3.05, 3.63) is 23.8 Å². The number of alkyl halides is 3. The first-order valence-electron chi connectivity index (χ1n) is 9.16. The van der Waals surface area contributed by atoms with Crippen molar-refractivity contribution in [1.82, 2.24) is 20.2 Å². The van der Waals surface area contributed by atoms with E-state index in [1.54, 1.807) is 4.68 Å². The molecular formula is C17H19F3N6O2S. The summed E-state index contributed by atoms with van der Waals surface area (Å²) in [5.41, 5.74) is -0.133. The van der Waals surface area contributed by atoms with Gasteiger partial charge in [0.05, 0.1) is 41.9 Å². The second-order valence-corrected chi connectivity index (χ2v) is 7.75. The van der Waals surface area contributed by atoms with E-state index in [1.807, 2.05) is 4.90 Å². The predicted octanol–water partition coefficient (Wildman–Crippen LogP) is 2.59. The standard InChI is InChI=1S/C17H19F3N6O2S/c18-17(19,20)11-1-4-14(25-5-7-28-8-6-25)13(9-11)21-15(27)10-29-16-22-23-24-26(16)12-2-3-12/h1,4,9,12H,2-3,5-8,10H2,(H,21,27). The second kappa shape index (κ2) is 8.19. The van der Waals surface area contributed by atoms with Crippen molar-refractivity contribution < 1.29 is 22.7 Å². The highest BCUT2D eigenvalue weighted by molar-refractivity contribution is 7.99. The highest BCUT2D eigenvalue weighted by Crippen LogP contribution is 2.37. The number of amides is 1. The summed E-state index contributed by atoms with van der Waals surface area (Å²) < 4.78 is 46.5. The van der Waals surface area contributed by atoms with E-state index in [9.17, 15) is 18.0 Å². The number of thioether (sulfide) groups is 1. The van der Waals surface area contributed by atoms with Crippen LogP contribution in [0.3, 0.4) is 0 Å². The van der Waals surface area contributed by atoms with Gasteiger partial charge in [-0.1, -0.05) is 11.8 Å². The Morgan fingerprint density at radius 1 is 1.28 bits per heavy atom. The molecule has 1 aromatic carbocycles. The lowest BCUT2D eigenvalue weighted by molar-refractivity contribution is -0.137. The van der Waals surface area contributed by atoms with Gasteiger partial charge in [0.25, 0.3) is 0 Å². The topological polar surface area (TPSA) is 85.2 Å². The Balaban J connectivity index is 1.48. The number of hydrogen-bond donors (Lipinski definition) is 1. The number of hydrogen-bond acceptors (Lipinski definition) is 7. The first-order chi connectivity index (χ1) is 13.9. The molecule has 0 radical (unpaired) electrons. The molecule has 0 atom stereocenters. The molecule has 2 fully saturated rings. The third kappa shape index (κ3) is 4.81. The lowest BCUT2D eigenvalue weighted by Crippen LogP contribution is -2.37. The normalized spacial score (nSPS) is 17.4. The number of tetrazole rings is 1. The van der Waals surface area contributed by atoms with E-state index in [-0.39, 0.29) is 17.5 Å². The zero-order chi connectivity index (χ0) is 20.4. The molecule has 0 spiro atoms. The van der Waals surface area contributed by atoms with Gasteiger partial charge in [-0.3, -0.25) is 4.79 Å². The molecule has 4 rings (SSSR count). The van der Waals surface area contributed by atoms with Crippen LogP contribution in [0, 0.1) is 0 Å². The summed E-state index contributed by atoms with van der Waals surface area (Å²) in [5, 5.41) is 14.6. The number of morpholine rings is 1. The monoisotopic (exact) mass is 428 g/mol. The van der Waals surface area contributed by atoms with Crippen LogP contribution < -0.4 is 10.2 Å². The minimum Gasteiger partial charge on any atom is -0.378 e. The number of rotatable bonds is 6. The Bertz CT molecular complexity index is 880. The maximum atomic E-state index is 13.2. The van der Waals surface area contributed by atoms with E-state index >= 15 is 0 Å². The van der Waals surface area contributed by atoms with Gasteiger partial charge in [0.15, 0.2) is 0 Å². The number of carbonyl (C=O) groups excluding carboxylic acids is 1. The third-order valence-electron chi connectivity index (χ3n) is 4.64. The summed E-state index contributed by atoms with van der Waals surface area (Å²) in [6.07, 6.45) is -2.50. The molecule has 0 unspecified atom stereocenters. The summed E-state index contributed by atoms with van der Waals surface area (Å²) >= 11 is 1.16. The van der Waals surface area contributed by atoms with Gasteiger partial charge in [-0.15, -0.1) is 5.10 Å². The Kier molecular flexibility index (Phi) is 5.63. The highest BCUT2D eigenvalue weighted by atomic mass is 32.2. The van der Waals surface area contributed by atoms with E-state index in [1.165, 1.54) is 6.07 Å². The maximum Gasteiger partial charge on any atom is 0.416 e. The van der Waals surface area contributed by atoms with E-state index < -0.39 is 17.6 Å². The van der Waals surface area contributed by atoms with Crippen LogP contribution in [0.15, 0.2) is 23.4 Å². The fraction of sp³-hybridized carbons (Fsp3) is 0.529. The Labute approximate surface area is 168 Å². The average Bonchev–Trinajstić information content (AvgIpc) is 3.44. The quantitative estimate of drug-likeness (QED) is 0.708. The van der Waals surface area contributed by atoms with Crippen LogP contribution >= 0.6 is 11.8 Å². The molecule has 2 aromatic rings. The van der Waals surface area contributed by atoms with Crippen LogP contribution in [0.25, 0.3) is 0 Å². The van der Waals surface area contributed by atoms with Crippen molar-refractivity contribution in [2.75, 3.05) is 42.3 Å². The van der Waals surface area contributed by atoms with Crippen LogP contribution in [0.4, 0.5) is 24.5 Å². The molecule has 1 amide bonds. The van der Waals surface area contributed by atoms with Crippen molar-refractivity contribution in [2.24, 2.45) is 0 Å². The number of ether oxygens (including phenoxy) is 1. The molecule has 2 heterocycles. The molecule has 1 saturated carbocycles. The van der Waals surface area contributed by atoms with Crippen LogP contribution in [0.5, 0.6) is 0 Å². The van der Waals surface area contributed by atoms with Crippen molar-refractivity contribution in [3.8, 4) is 0 Å². The number of nitrogens with zero attached hydrogens (tertiary/aromatic N) is 5. The van der Waals surface area contributed by atoms with Gasteiger partial charge < -0.3 is 15.0 Å². The van der Waals surface area contributed by atoms with Crippen LogP contribution in [0.2, 0.25) is 0 Å². The highest BCUT2D eigenvalue weighted by Gasteiger charge is 2.32. The van der Waals surface area contributed by atoms with E-state index in [2.05, 4.69) is 20.8 Å². The molecule has 2 aliphatic rings. The van der Waals surface area contributed by atoms with Gasteiger partial charge in [0, 0.05) is 13.1 Å². The van der Waals surface area contributed by atoms with Crippen molar-refractivity contribution in [1.29, 1.82) is 0 Å². The SMILES string of the molecule is O=C(CSc1nnnn1C1CC1)Nc1cc(C(F)(F)F)ccc1N1CCOCC1. The number of anilines is 2. The molecule has 29 heavy (non-hydrogen) atoms. The Hall–Kier alpha value is -2.34. The number of carbonyl (C=O) groups is 1. The fourth-order valence-electron chi connectivity index (χ4n) is 3.04. The molecule has 1 aliphatic carbocycles. The summed E-state index contributed by atoms with van der Waals surface area (Å²) in [4.78, 5) is 14.4. The van der Waals surface area contributed by atoms with E-state index in [0.29, 0.717) is 37.1 Å². The first kappa shape index (κ1) is 20.0. The number of aromatic nitrogens is 4. The van der Waals surface area contributed by atoms with E-state index in [4.69, 9.17) is 4.74 Å². The van der Waals surface area contributed by atoms with Gasteiger partial charge in [-0.05, 0) is 41.5 Å². The lowest BCUT2D eigenvalue weighted by atomic mass is 10.1. The van der Waals surface area contributed by atoms with Gasteiger partial charge in [0.2, 0.25) is 11.1 Å². The van der Waals surface area contributed by atoms with E-state index in [0.717, 1.165) is 36.7 Å².